The van der Waals surface area contributed by atoms with Gasteiger partial charge in [-0.3, -0.25) is 9.59 Å². The first-order valence-electron chi connectivity index (χ1n) is 10.0. The first-order chi connectivity index (χ1) is 15.1. The largest absolute Gasteiger partial charge is 0.454 e. The van der Waals surface area contributed by atoms with Gasteiger partial charge in [0.15, 0.2) is 6.61 Å². The molecule has 1 aliphatic rings. The van der Waals surface area contributed by atoms with Crippen molar-refractivity contribution in [3.8, 4) is 0 Å². The molecule has 7 nitrogen and oxygen atoms in total. The van der Waals surface area contributed by atoms with Gasteiger partial charge in [0.2, 0.25) is 10.0 Å². The molecular weight excluding hydrogens is 475 g/mol. The highest BCUT2D eigenvalue weighted by Crippen LogP contribution is 2.27. The summed E-state index contributed by atoms with van der Waals surface area (Å²) in [4.78, 5) is 26.5. The van der Waals surface area contributed by atoms with Crippen LogP contribution in [0.25, 0.3) is 0 Å². The van der Waals surface area contributed by atoms with E-state index in [0.29, 0.717) is 22.9 Å². The molecule has 0 N–H and O–H groups in total. The topological polar surface area (TPSA) is 84.0 Å². The van der Waals surface area contributed by atoms with Crippen molar-refractivity contribution >= 4 is 45.1 Å². The van der Waals surface area contributed by atoms with Crippen LogP contribution < -0.4 is 0 Å². The molecule has 2 aromatic rings. The molecule has 1 aliphatic heterocycles. The Hall–Kier alpha value is -2.13. The third-order valence-electron chi connectivity index (χ3n) is 5.27. The van der Waals surface area contributed by atoms with Crippen molar-refractivity contribution in [3.63, 3.8) is 0 Å². The third-order valence-corrected chi connectivity index (χ3v) is 7.93. The van der Waals surface area contributed by atoms with Crippen LogP contribution in [0.5, 0.6) is 0 Å². The Morgan fingerprint density at radius 2 is 1.81 bits per heavy atom. The lowest BCUT2D eigenvalue weighted by atomic mass is 10.2. The van der Waals surface area contributed by atoms with Crippen LogP contribution in [0.4, 0.5) is 0 Å². The zero-order valence-electron chi connectivity index (χ0n) is 17.8. The van der Waals surface area contributed by atoms with Gasteiger partial charge in [0, 0.05) is 20.1 Å². The number of ether oxygens (including phenoxy) is 1. The Bertz CT molecular complexity index is 1110. The van der Waals surface area contributed by atoms with Gasteiger partial charge in [0.25, 0.3) is 5.91 Å². The van der Waals surface area contributed by atoms with Crippen molar-refractivity contribution in [3.05, 3.63) is 63.6 Å². The van der Waals surface area contributed by atoms with Gasteiger partial charge in [0.05, 0.1) is 14.9 Å². The number of likely N-dealkylation sites (N-methyl/N-ethyl adjacent to an activating group) is 1. The van der Waals surface area contributed by atoms with Crippen molar-refractivity contribution in [1.82, 2.24) is 9.21 Å². The molecule has 3 rings (SSSR count). The Morgan fingerprint density at radius 1 is 1.12 bits per heavy atom. The van der Waals surface area contributed by atoms with E-state index >= 15 is 0 Å². The van der Waals surface area contributed by atoms with Gasteiger partial charge < -0.3 is 9.64 Å². The van der Waals surface area contributed by atoms with E-state index in [1.807, 2.05) is 6.92 Å². The number of aryl methyl sites for hydroxylation is 1. The zero-order valence-corrected chi connectivity index (χ0v) is 20.1. The lowest BCUT2D eigenvalue weighted by molar-refractivity contribution is -0.154. The highest BCUT2D eigenvalue weighted by molar-refractivity contribution is 7.89. The third kappa shape index (κ3) is 5.61. The molecule has 0 saturated carbocycles. The van der Waals surface area contributed by atoms with Crippen molar-refractivity contribution in [2.24, 2.45) is 0 Å². The minimum Gasteiger partial charge on any atom is -0.454 e. The zero-order chi connectivity index (χ0) is 23.5. The minimum atomic E-state index is -3.84. The predicted molar refractivity (Wildman–Crippen MR) is 122 cm³/mol. The number of benzene rings is 2. The molecule has 0 radical (unpaired) electrons. The fourth-order valence-corrected chi connectivity index (χ4v) is 5.42. The Morgan fingerprint density at radius 3 is 2.47 bits per heavy atom. The molecule has 1 atom stereocenters. The number of carbonyl (C=O) groups excluding carboxylic acids is 2. The van der Waals surface area contributed by atoms with Crippen LogP contribution >= 0.6 is 23.2 Å². The number of amides is 1. The lowest BCUT2D eigenvalue weighted by Crippen LogP contribution is -2.42. The van der Waals surface area contributed by atoms with Crippen LogP contribution in [0.2, 0.25) is 10.0 Å². The molecule has 1 fully saturated rings. The number of halogens is 2. The van der Waals surface area contributed by atoms with Gasteiger partial charge in [-0.15, -0.1) is 0 Å². The number of rotatable bonds is 7. The molecule has 32 heavy (non-hydrogen) atoms. The van der Waals surface area contributed by atoms with Crippen LogP contribution in [0.3, 0.4) is 0 Å². The Balaban J connectivity index is 1.60. The summed E-state index contributed by atoms with van der Waals surface area (Å²) in [6.07, 6.45) is 0.882. The van der Waals surface area contributed by atoms with E-state index in [-0.39, 0.29) is 18.0 Å². The molecule has 0 spiro atoms. The normalized spacial score (nSPS) is 16.7. The van der Waals surface area contributed by atoms with E-state index in [1.165, 1.54) is 17.0 Å². The predicted octanol–water partition coefficient (Wildman–Crippen LogP) is 3.66. The molecule has 10 heteroatoms. The van der Waals surface area contributed by atoms with Gasteiger partial charge in [0.1, 0.15) is 6.04 Å². The standard InChI is InChI=1S/C22H24Cl2N2O5S/c1-15-5-8-17(9-6-15)32(29,30)26-11-3-4-20(26)22(28)31-14-21(27)25(2)13-16-7-10-18(23)19(24)12-16/h5-10,12,20H,3-4,11,13-14H2,1-2H3/t20-/m0/s1. The average Bonchev–Trinajstić information content (AvgIpc) is 3.25. The molecule has 1 heterocycles. The van der Waals surface area contributed by atoms with Crippen LogP contribution in [0.15, 0.2) is 47.4 Å². The van der Waals surface area contributed by atoms with E-state index in [1.54, 1.807) is 37.4 Å². The molecular formula is C22H24Cl2N2O5S. The average molecular weight is 499 g/mol. The maximum absolute atomic E-state index is 13.0. The second-order valence-electron chi connectivity index (χ2n) is 7.69. The number of hydrogen-bond acceptors (Lipinski definition) is 5. The van der Waals surface area contributed by atoms with Crippen LogP contribution in [-0.4, -0.2) is 55.7 Å². The molecule has 0 unspecified atom stereocenters. The monoisotopic (exact) mass is 498 g/mol. The Kier molecular flexibility index (Phi) is 7.82. The van der Waals surface area contributed by atoms with Crippen LogP contribution in [-0.2, 0) is 30.9 Å². The summed E-state index contributed by atoms with van der Waals surface area (Å²) in [6.45, 7) is 1.86. The highest BCUT2D eigenvalue weighted by atomic mass is 35.5. The summed E-state index contributed by atoms with van der Waals surface area (Å²) in [7, 11) is -2.27. The van der Waals surface area contributed by atoms with Crippen LogP contribution in [0.1, 0.15) is 24.0 Å². The van der Waals surface area contributed by atoms with Gasteiger partial charge in [-0.05, 0) is 49.6 Å². The summed E-state index contributed by atoms with van der Waals surface area (Å²) >= 11 is 11.9. The molecule has 1 saturated heterocycles. The van der Waals surface area contributed by atoms with E-state index in [0.717, 1.165) is 15.4 Å². The van der Waals surface area contributed by atoms with Crippen molar-refractivity contribution in [2.75, 3.05) is 20.2 Å². The molecule has 0 bridgehead atoms. The maximum Gasteiger partial charge on any atom is 0.324 e. The van der Waals surface area contributed by atoms with E-state index in [4.69, 9.17) is 27.9 Å². The number of nitrogens with zero attached hydrogens (tertiary/aromatic N) is 2. The second kappa shape index (κ2) is 10.2. The summed E-state index contributed by atoms with van der Waals surface area (Å²) in [6, 6.07) is 10.6. The molecule has 0 aliphatic carbocycles. The Labute approximate surface area is 197 Å². The first kappa shape index (κ1) is 24.5. The lowest BCUT2D eigenvalue weighted by Gasteiger charge is -2.23. The van der Waals surface area contributed by atoms with Gasteiger partial charge in [-0.25, -0.2) is 8.42 Å². The van der Waals surface area contributed by atoms with E-state index < -0.39 is 34.5 Å². The van der Waals surface area contributed by atoms with Gasteiger partial charge >= 0.3 is 5.97 Å². The first-order valence-corrected chi connectivity index (χ1v) is 12.2. The quantitative estimate of drug-likeness (QED) is 0.543. The minimum absolute atomic E-state index is 0.125. The van der Waals surface area contributed by atoms with Gasteiger partial charge in [-0.1, -0.05) is 47.0 Å². The SMILES string of the molecule is Cc1ccc(S(=O)(=O)N2CCC[C@H]2C(=O)OCC(=O)N(C)Cc2ccc(Cl)c(Cl)c2)cc1. The molecule has 172 valence electrons. The summed E-state index contributed by atoms with van der Waals surface area (Å²) < 4.78 is 32.3. The summed E-state index contributed by atoms with van der Waals surface area (Å²) in [5.74, 6) is -1.15. The van der Waals surface area contributed by atoms with Crippen molar-refractivity contribution < 1.29 is 22.7 Å². The van der Waals surface area contributed by atoms with E-state index in [9.17, 15) is 18.0 Å². The van der Waals surface area contributed by atoms with E-state index in [2.05, 4.69) is 0 Å². The molecule has 2 aromatic carbocycles. The van der Waals surface area contributed by atoms with Gasteiger partial charge in [-0.2, -0.15) is 4.31 Å². The van der Waals surface area contributed by atoms with Crippen molar-refractivity contribution in [2.45, 2.75) is 37.2 Å². The fraction of sp³-hybridized carbons (Fsp3) is 0.364. The maximum atomic E-state index is 13.0. The highest BCUT2D eigenvalue weighted by Gasteiger charge is 2.40. The second-order valence-corrected chi connectivity index (χ2v) is 10.4. The smallest absolute Gasteiger partial charge is 0.324 e. The number of esters is 1. The molecule has 1 amide bonds. The van der Waals surface area contributed by atoms with Crippen molar-refractivity contribution in [1.29, 1.82) is 0 Å². The summed E-state index contributed by atoms with van der Waals surface area (Å²) in [5.41, 5.74) is 1.71. The molecule has 0 aromatic heterocycles. The number of sulfonamides is 1. The number of hydrogen-bond donors (Lipinski definition) is 0. The number of carbonyl (C=O) groups is 2. The fourth-order valence-electron chi connectivity index (χ4n) is 3.45. The summed E-state index contributed by atoms with van der Waals surface area (Å²) in [5, 5.41) is 0.799. The van der Waals surface area contributed by atoms with Crippen LogP contribution in [0, 0.1) is 6.92 Å².